The van der Waals surface area contributed by atoms with Gasteiger partial charge < -0.3 is 0 Å². The van der Waals surface area contributed by atoms with Crippen molar-refractivity contribution in [2.24, 2.45) is 5.41 Å². The van der Waals surface area contributed by atoms with E-state index in [1.165, 1.54) is 6.07 Å². The van der Waals surface area contributed by atoms with Crippen molar-refractivity contribution >= 4 is 28.3 Å². The predicted molar refractivity (Wildman–Crippen MR) is 113 cm³/mol. The number of nitrogens with zero attached hydrogens (tertiary/aromatic N) is 1. The fourth-order valence-corrected chi connectivity index (χ4v) is 3.95. The van der Waals surface area contributed by atoms with Crippen molar-refractivity contribution in [1.82, 2.24) is 4.98 Å². The number of pyridine rings is 1. The zero-order chi connectivity index (χ0) is 20.3. The van der Waals surface area contributed by atoms with Crippen molar-refractivity contribution in [3.63, 3.8) is 0 Å². The van der Waals surface area contributed by atoms with Gasteiger partial charge in [0.2, 0.25) is 0 Å². The van der Waals surface area contributed by atoms with Gasteiger partial charge in [-0.25, -0.2) is 4.39 Å². The molecule has 1 heterocycles. The van der Waals surface area contributed by atoms with Gasteiger partial charge in [-0.2, -0.15) is 0 Å². The number of fused-ring (bicyclic) bond motifs is 1. The molecule has 144 valence electrons. The first kappa shape index (κ1) is 20.2. The Hall–Kier alpha value is -2.52. The molecule has 0 fully saturated rings. The minimum atomic E-state index is -0.677. The summed E-state index contributed by atoms with van der Waals surface area (Å²) in [6, 6.07) is 14.8. The second-order valence-electron chi connectivity index (χ2n) is 7.56. The van der Waals surface area contributed by atoms with E-state index >= 15 is 0 Å². The quantitative estimate of drug-likeness (QED) is 0.477. The lowest BCUT2D eigenvalue weighted by atomic mass is 9.75. The summed E-state index contributed by atoms with van der Waals surface area (Å²) < 4.78 is 14.0. The molecule has 0 aliphatic carbocycles. The van der Waals surface area contributed by atoms with E-state index in [0.29, 0.717) is 23.4 Å². The minimum absolute atomic E-state index is 0.0683. The number of ketones is 1. The van der Waals surface area contributed by atoms with E-state index in [1.54, 1.807) is 12.3 Å². The average molecular weight is 396 g/mol. The Balaban J connectivity index is 1.92. The summed E-state index contributed by atoms with van der Waals surface area (Å²) >= 11 is 6.10. The monoisotopic (exact) mass is 395 g/mol. The summed E-state index contributed by atoms with van der Waals surface area (Å²) in [7, 11) is 0. The molecule has 0 bridgehead atoms. The molecule has 0 saturated heterocycles. The first-order chi connectivity index (χ1) is 13.3. The van der Waals surface area contributed by atoms with Crippen LogP contribution in [0.15, 0.2) is 66.3 Å². The van der Waals surface area contributed by atoms with Crippen LogP contribution in [0.4, 0.5) is 4.39 Å². The van der Waals surface area contributed by atoms with Crippen LogP contribution in [0.1, 0.15) is 30.0 Å². The van der Waals surface area contributed by atoms with E-state index in [2.05, 4.69) is 11.6 Å². The highest BCUT2D eigenvalue weighted by Gasteiger charge is 2.34. The summed E-state index contributed by atoms with van der Waals surface area (Å²) in [5, 5.41) is 1.19. The number of halogens is 2. The maximum Gasteiger partial charge on any atom is 0.149 e. The predicted octanol–water partition coefficient (Wildman–Crippen LogP) is 6.19. The smallest absolute Gasteiger partial charge is 0.149 e. The standard InChI is InChI=1S/C24H23ClFNO/c1-16(25)13-24(3,14-18-8-5-4-6-9-18)22(28)12-19-15-27-23-20(17(19)2)10-7-11-21(23)26/h4-11,15H,1,12-14H2,2-3H3. The number of aromatic nitrogens is 1. The van der Waals surface area contributed by atoms with Crippen LogP contribution in [0.5, 0.6) is 0 Å². The Morgan fingerprint density at radius 3 is 2.57 bits per heavy atom. The highest BCUT2D eigenvalue weighted by atomic mass is 35.5. The number of Topliss-reactive ketones (excluding diaryl/α,β-unsaturated/α-hetero) is 1. The zero-order valence-corrected chi connectivity index (χ0v) is 16.9. The van der Waals surface area contributed by atoms with Crippen molar-refractivity contribution in [3.05, 3.63) is 88.8 Å². The topological polar surface area (TPSA) is 30.0 Å². The summed E-state index contributed by atoms with van der Waals surface area (Å²) in [6.45, 7) is 7.63. The van der Waals surface area contributed by atoms with Crippen molar-refractivity contribution in [2.45, 2.75) is 33.1 Å². The van der Waals surface area contributed by atoms with Crippen molar-refractivity contribution in [1.29, 1.82) is 0 Å². The number of hydrogen-bond acceptors (Lipinski definition) is 2. The van der Waals surface area contributed by atoms with Crippen molar-refractivity contribution < 1.29 is 9.18 Å². The highest BCUT2D eigenvalue weighted by molar-refractivity contribution is 6.29. The molecule has 0 N–H and O–H groups in total. The minimum Gasteiger partial charge on any atom is -0.299 e. The lowest BCUT2D eigenvalue weighted by molar-refractivity contribution is -0.127. The van der Waals surface area contributed by atoms with E-state index in [1.807, 2.05) is 50.2 Å². The van der Waals surface area contributed by atoms with Gasteiger partial charge in [-0.3, -0.25) is 9.78 Å². The van der Waals surface area contributed by atoms with E-state index in [9.17, 15) is 9.18 Å². The van der Waals surface area contributed by atoms with Gasteiger partial charge in [0, 0.05) is 28.5 Å². The van der Waals surface area contributed by atoms with E-state index in [0.717, 1.165) is 22.1 Å². The summed E-state index contributed by atoms with van der Waals surface area (Å²) in [6.07, 6.45) is 2.81. The Bertz CT molecular complexity index is 1030. The summed E-state index contributed by atoms with van der Waals surface area (Å²) in [5.74, 6) is -0.287. The van der Waals surface area contributed by atoms with Gasteiger partial charge in [-0.15, -0.1) is 0 Å². The van der Waals surface area contributed by atoms with Crippen LogP contribution in [0, 0.1) is 18.2 Å². The normalized spacial score (nSPS) is 13.3. The molecule has 0 saturated carbocycles. The van der Waals surface area contributed by atoms with Crippen LogP contribution in [0.25, 0.3) is 10.9 Å². The lowest BCUT2D eigenvalue weighted by Crippen LogP contribution is -2.32. The molecular weight excluding hydrogens is 373 g/mol. The molecule has 0 aliphatic rings. The average Bonchev–Trinajstić information content (AvgIpc) is 2.64. The number of allylic oxidation sites excluding steroid dienone is 1. The Morgan fingerprint density at radius 2 is 1.89 bits per heavy atom. The summed E-state index contributed by atoms with van der Waals surface area (Å²) in [5.41, 5.74) is 2.42. The molecule has 3 aromatic rings. The molecule has 0 aliphatic heterocycles. The van der Waals surface area contributed by atoms with E-state index in [-0.39, 0.29) is 18.0 Å². The van der Waals surface area contributed by atoms with Crippen LogP contribution in [-0.2, 0) is 17.6 Å². The third-order valence-electron chi connectivity index (χ3n) is 5.27. The second-order valence-corrected chi connectivity index (χ2v) is 8.10. The third kappa shape index (κ3) is 4.31. The molecule has 28 heavy (non-hydrogen) atoms. The Morgan fingerprint density at radius 1 is 1.18 bits per heavy atom. The van der Waals surface area contributed by atoms with Gasteiger partial charge in [0.05, 0.1) is 0 Å². The lowest BCUT2D eigenvalue weighted by Gasteiger charge is -2.28. The van der Waals surface area contributed by atoms with Gasteiger partial charge >= 0.3 is 0 Å². The van der Waals surface area contributed by atoms with Crippen molar-refractivity contribution in [3.8, 4) is 0 Å². The molecule has 1 unspecified atom stereocenters. The zero-order valence-electron chi connectivity index (χ0n) is 16.1. The maximum atomic E-state index is 14.0. The van der Waals surface area contributed by atoms with Crippen LogP contribution in [-0.4, -0.2) is 10.8 Å². The maximum absolute atomic E-state index is 14.0. The molecule has 2 nitrogen and oxygen atoms in total. The molecule has 0 amide bonds. The molecule has 0 spiro atoms. The number of carbonyl (C=O) groups excluding carboxylic acids is 1. The van der Waals surface area contributed by atoms with Gasteiger partial charge in [0.1, 0.15) is 17.1 Å². The molecule has 0 radical (unpaired) electrons. The van der Waals surface area contributed by atoms with Crippen LogP contribution >= 0.6 is 11.6 Å². The molecule has 3 rings (SSSR count). The first-order valence-electron chi connectivity index (χ1n) is 9.23. The highest BCUT2D eigenvalue weighted by Crippen LogP contribution is 2.34. The molecule has 1 aromatic heterocycles. The fraction of sp³-hybridized carbons (Fsp3) is 0.250. The van der Waals surface area contributed by atoms with E-state index < -0.39 is 5.41 Å². The summed E-state index contributed by atoms with van der Waals surface area (Å²) in [4.78, 5) is 17.6. The SMILES string of the molecule is C=C(Cl)CC(C)(Cc1ccccc1)C(=O)Cc1cnc2c(F)cccc2c1C. The van der Waals surface area contributed by atoms with Crippen LogP contribution in [0.2, 0.25) is 0 Å². The van der Waals surface area contributed by atoms with Crippen LogP contribution < -0.4 is 0 Å². The molecule has 1 atom stereocenters. The Labute approximate surface area is 170 Å². The van der Waals surface area contributed by atoms with Gasteiger partial charge in [0.15, 0.2) is 0 Å². The number of aryl methyl sites for hydroxylation is 1. The fourth-order valence-electron chi connectivity index (χ4n) is 3.66. The van der Waals surface area contributed by atoms with Gasteiger partial charge in [-0.05, 0) is 42.5 Å². The first-order valence-corrected chi connectivity index (χ1v) is 9.61. The third-order valence-corrected chi connectivity index (χ3v) is 5.40. The van der Waals surface area contributed by atoms with E-state index in [4.69, 9.17) is 11.6 Å². The second kappa shape index (κ2) is 8.24. The molecular formula is C24H23ClFNO. The number of carbonyl (C=O) groups is 1. The number of hydrogen-bond donors (Lipinski definition) is 0. The van der Waals surface area contributed by atoms with Gasteiger partial charge in [-0.1, -0.05) is 67.6 Å². The molecule has 4 heteroatoms. The number of para-hydroxylation sites is 1. The Kier molecular flexibility index (Phi) is 5.95. The number of benzene rings is 2. The number of rotatable bonds is 7. The van der Waals surface area contributed by atoms with Crippen LogP contribution in [0.3, 0.4) is 0 Å². The van der Waals surface area contributed by atoms with Gasteiger partial charge in [0.25, 0.3) is 0 Å². The van der Waals surface area contributed by atoms with Crippen molar-refractivity contribution in [2.75, 3.05) is 0 Å². The molecule has 2 aromatic carbocycles. The largest absolute Gasteiger partial charge is 0.299 e.